The highest BCUT2D eigenvalue weighted by molar-refractivity contribution is 5.95. The molecule has 0 aromatic heterocycles. The Hall–Kier alpha value is -2.23. The zero-order valence-corrected chi connectivity index (χ0v) is 13.2. The molecule has 0 bridgehead atoms. The fourth-order valence-corrected chi connectivity index (χ4v) is 2.44. The fourth-order valence-electron chi connectivity index (χ4n) is 2.44. The van der Waals surface area contributed by atoms with Crippen molar-refractivity contribution in [2.75, 3.05) is 18.9 Å². The molecule has 2 rings (SSSR count). The Morgan fingerprint density at radius 3 is 2.60 bits per heavy atom. The van der Waals surface area contributed by atoms with Crippen LogP contribution in [0.25, 0.3) is 0 Å². The van der Waals surface area contributed by atoms with Crippen LogP contribution in [-0.4, -0.2) is 48.4 Å². The van der Waals surface area contributed by atoms with E-state index in [1.807, 2.05) is 0 Å². The van der Waals surface area contributed by atoms with Crippen molar-refractivity contribution in [3.8, 4) is 0 Å². The molecule has 0 saturated carbocycles. The first kappa shape index (κ1) is 19.1. The third kappa shape index (κ3) is 5.12. The Morgan fingerprint density at radius 2 is 2.04 bits per heavy atom. The zero-order valence-electron chi connectivity index (χ0n) is 13.2. The lowest BCUT2D eigenvalue weighted by atomic mass is 10.1. The average Bonchev–Trinajstić information content (AvgIpc) is 2.86. The molecule has 0 radical (unpaired) electrons. The molecule has 10 heteroatoms. The van der Waals surface area contributed by atoms with Gasteiger partial charge in [-0.2, -0.15) is 13.2 Å². The van der Waals surface area contributed by atoms with Gasteiger partial charge >= 0.3 is 12.1 Å². The predicted octanol–water partition coefficient (Wildman–Crippen LogP) is 2.14. The second kappa shape index (κ2) is 6.95. The van der Waals surface area contributed by atoms with Crippen LogP contribution in [0.15, 0.2) is 24.3 Å². The van der Waals surface area contributed by atoms with Crippen LogP contribution in [0.3, 0.4) is 0 Å². The summed E-state index contributed by atoms with van der Waals surface area (Å²) in [7, 11) is 1.01. The van der Waals surface area contributed by atoms with Crippen LogP contribution in [0.4, 0.5) is 27.6 Å². The number of alkyl halides is 5. The first-order chi connectivity index (χ1) is 11.5. The molecule has 2 N–H and O–H groups in total. The Labute approximate surface area is 140 Å². The molecule has 138 valence electrons. The van der Waals surface area contributed by atoms with Gasteiger partial charge in [0, 0.05) is 25.7 Å². The Morgan fingerprint density at radius 1 is 1.36 bits per heavy atom. The minimum atomic E-state index is -4.97. The number of carbonyl (C=O) groups excluding carboxylic acids is 2. The van der Waals surface area contributed by atoms with Crippen molar-refractivity contribution >= 4 is 17.5 Å². The zero-order chi connectivity index (χ0) is 18.8. The number of rotatable bonds is 4. The van der Waals surface area contributed by atoms with Crippen molar-refractivity contribution in [2.45, 2.75) is 31.1 Å². The van der Waals surface area contributed by atoms with Gasteiger partial charge in [0.2, 0.25) is 5.91 Å². The summed E-state index contributed by atoms with van der Waals surface area (Å²) in [4.78, 5) is 23.6. The molecule has 1 fully saturated rings. The van der Waals surface area contributed by atoms with Crippen LogP contribution in [-0.2, 0) is 16.1 Å². The lowest BCUT2D eigenvalue weighted by molar-refractivity contribution is -0.184. The third-order valence-corrected chi connectivity index (χ3v) is 3.63. The highest BCUT2D eigenvalue weighted by Crippen LogP contribution is 2.26. The van der Waals surface area contributed by atoms with Crippen molar-refractivity contribution in [2.24, 2.45) is 0 Å². The smallest absolute Gasteiger partial charge is 0.334 e. The monoisotopic (exact) mass is 365 g/mol. The van der Waals surface area contributed by atoms with Gasteiger partial charge in [-0.1, -0.05) is 12.1 Å². The molecular formula is C15H16F5N3O2. The molecule has 0 spiro atoms. The number of halogens is 5. The van der Waals surface area contributed by atoms with Crippen molar-refractivity contribution in [1.29, 1.82) is 0 Å². The number of anilines is 1. The minimum Gasteiger partial charge on any atom is -0.334 e. The van der Waals surface area contributed by atoms with Crippen LogP contribution in [0.2, 0.25) is 0 Å². The fraction of sp³-hybridized carbons (Fsp3) is 0.467. The van der Waals surface area contributed by atoms with Gasteiger partial charge in [-0.25, -0.2) is 8.78 Å². The van der Waals surface area contributed by atoms with Crippen molar-refractivity contribution < 1.29 is 31.5 Å². The molecule has 0 aliphatic carbocycles. The van der Waals surface area contributed by atoms with Gasteiger partial charge < -0.3 is 10.2 Å². The summed E-state index contributed by atoms with van der Waals surface area (Å²) in [6.07, 6.45) is -5.60. The molecule has 1 saturated heterocycles. The summed E-state index contributed by atoms with van der Waals surface area (Å²) in [6.45, 7) is -0.905. The number of nitrogens with zero attached hydrogens (tertiary/aromatic N) is 1. The molecular weight excluding hydrogens is 349 g/mol. The van der Waals surface area contributed by atoms with E-state index in [0.717, 1.165) is 7.05 Å². The second-order valence-electron chi connectivity index (χ2n) is 5.84. The van der Waals surface area contributed by atoms with Crippen molar-refractivity contribution in [1.82, 2.24) is 10.2 Å². The van der Waals surface area contributed by atoms with Gasteiger partial charge in [0.1, 0.15) is 0 Å². The van der Waals surface area contributed by atoms with E-state index in [1.165, 1.54) is 24.3 Å². The van der Waals surface area contributed by atoms with E-state index in [4.69, 9.17) is 0 Å². The van der Waals surface area contributed by atoms with Gasteiger partial charge in [0.15, 0.2) is 0 Å². The van der Waals surface area contributed by atoms with Gasteiger partial charge in [-0.3, -0.25) is 14.9 Å². The van der Waals surface area contributed by atoms with Crippen LogP contribution >= 0.6 is 0 Å². The molecule has 1 unspecified atom stereocenters. The molecule has 2 amide bonds. The summed E-state index contributed by atoms with van der Waals surface area (Å²) in [6, 6.07) is 4.77. The summed E-state index contributed by atoms with van der Waals surface area (Å²) < 4.78 is 63.3. The van der Waals surface area contributed by atoms with E-state index in [9.17, 15) is 31.5 Å². The highest BCUT2D eigenvalue weighted by atomic mass is 19.4. The maximum atomic E-state index is 13.1. The van der Waals surface area contributed by atoms with Crippen molar-refractivity contribution in [3.63, 3.8) is 0 Å². The van der Waals surface area contributed by atoms with Gasteiger partial charge in [-0.15, -0.1) is 0 Å². The quantitative estimate of drug-likeness (QED) is 0.804. The van der Waals surface area contributed by atoms with Gasteiger partial charge in [-0.05, 0) is 17.7 Å². The molecule has 1 aromatic carbocycles. The summed E-state index contributed by atoms with van der Waals surface area (Å²) in [5.74, 6) is -5.60. The number of carbonyl (C=O) groups is 2. The Bertz CT molecular complexity index is 663. The van der Waals surface area contributed by atoms with Gasteiger partial charge in [0.25, 0.3) is 5.92 Å². The normalized spacial score (nSPS) is 19.5. The van der Waals surface area contributed by atoms with E-state index >= 15 is 0 Å². The van der Waals surface area contributed by atoms with E-state index in [0.29, 0.717) is 10.5 Å². The highest BCUT2D eigenvalue weighted by Gasteiger charge is 2.42. The first-order valence-electron chi connectivity index (χ1n) is 7.31. The van der Waals surface area contributed by atoms with Gasteiger partial charge in [0.05, 0.1) is 12.6 Å². The number of hydrogen-bond donors (Lipinski definition) is 2. The molecule has 25 heavy (non-hydrogen) atoms. The third-order valence-electron chi connectivity index (χ3n) is 3.63. The first-order valence-corrected chi connectivity index (χ1v) is 7.31. The topological polar surface area (TPSA) is 61.4 Å². The number of nitrogens with one attached hydrogen (secondary N) is 2. The molecule has 1 heterocycles. The summed E-state index contributed by atoms with van der Waals surface area (Å²) in [5.41, 5.74) is 0.593. The lowest BCUT2D eigenvalue weighted by Crippen LogP contribution is -2.38. The summed E-state index contributed by atoms with van der Waals surface area (Å²) >= 11 is 0. The Balaban J connectivity index is 1.99. The molecule has 1 aromatic rings. The van der Waals surface area contributed by atoms with Crippen LogP contribution in [0, 0.1) is 0 Å². The average molecular weight is 365 g/mol. The van der Waals surface area contributed by atoms with Crippen LogP contribution < -0.4 is 10.6 Å². The maximum absolute atomic E-state index is 13.1. The number of amides is 2. The van der Waals surface area contributed by atoms with Crippen LogP contribution in [0.5, 0.6) is 0 Å². The van der Waals surface area contributed by atoms with E-state index in [1.54, 1.807) is 0 Å². The molecule has 1 aliphatic heterocycles. The second-order valence-corrected chi connectivity index (χ2v) is 5.84. The standard InChI is InChI=1S/C15H16F5N3O2/c1-23(13(25)15(18,19)20)7-9-3-2-4-10(5-9)22-12(24)11-6-14(16,17)8-21-11/h2-5,11,21H,6-8H2,1H3,(H,22,24). The summed E-state index contributed by atoms with van der Waals surface area (Å²) in [5, 5.41) is 4.84. The van der Waals surface area contributed by atoms with Crippen LogP contribution in [0.1, 0.15) is 12.0 Å². The SMILES string of the molecule is CN(Cc1cccc(NC(=O)C2CC(F)(F)CN2)c1)C(=O)C(F)(F)F. The maximum Gasteiger partial charge on any atom is 0.471 e. The molecule has 5 nitrogen and oxygen atoms in total. The number of hydrogen-bond acceptors (Lipinski definition) is 3. The number of benzene rings is 1. The van der Waals surface area contributed by atoms with Crippen molar-refractivity contribution in [3.05, 3.63) is 29.8 Å². The van der Waals surface area contributed by atoms with E-state index < -0.39 is 42.9 Å². The predicted molar refractivity (Wildman–Crippen MR) is 79.0 cm³/mol. The molecule has 1 aliphatic rings. The Kier molecular flexibility index (Phi) is 5.31. The van der Waals surface area contributed by atoms with E-state index in [2.05, 4.69) is 10.6 Å². The largest absolute Gasteiger partial charge is 0.471 e. The molecule has 1 atom stereocenters. The van der Waals surface area contributed by atoms with E-state index in [-0.39, 0.29) is 12.2 Å². The lowest BCUT2D eigenvalue weighted by Gasteiger charge is -2.19. The minimum absolute atomic E-state index is 0.243.